The molecule has 0 unspecified atom stereocenters. The van der Waals surface area contributed by atoms with Crippen molar-refractivity contribution in [3.63, 3.8) is 0 Å². The summed E-state index contributed by atoms with van der Waals surface area (Å²) in [7, 11) is -3.39. The first kappa shape index (κ1) is 22.5. The molecular formula is C24H29BrN2O3S. The Morgan fingerprint density at radius 3 is 2.61 bits per heavy atom. The van der Waals surface area contributed by atoms with Crippen LogP contribution in [-0.4, -0.2) is 31.7 Å². The lowest BCUT2D eigenvalue weighted by Gasteiger charge is -2.31. The first-order chi connectivity index (χ1) is 14.8. The molecule has 0 radical (unpaired) electrons. The summed E-state index contributed by atoms with van der Waals surface area (Å²) in [6, 6.07) is 13.9. The van der Waals surface area contributed by atoms with E-state index in [2.05, 4.69) is 39.4 Å². The Hall–Kier alpha value is -1.70. The van der Waals surface area contributed by atoms with Gasteiger partial charge >= 0.3 is 0 Å². The van der Waals surface area contributed by atoms with E-state index in [0.717, 1.165) is 28.4 Å². The van der Waals surface area contributed by atoms with E-state index in [9.17, 15) is 13.2 Å². The average molecular weight is 505 g/mol. The molecule has 1 aliphatic heterocycles. The quantitative estimate of drug-likeness (QED) is 0.635. The molecule has 4 rings (SSSR count). The van der Waals surface area contributed by atoms with E-state index in [1.807, 2.05) is 31.2 Å². The molecule has 0 bridgehead atoms. The zero-order valence-corrected chi connectivity index (χ0v) is 20.2. The Morgan fingerprint density at radius 2 is 1.87 bits per heavy atom. The lowest BCUT2D eigenvalue weighted by atomic mass is 9.96. The van der Waals surface area contributed by atoms with E-state index in [4.69, 9.17) is 0 Å². The van der Waals surface area contributed by atoms with Crippen molar-refractivity contribution in [2.24, 2.45) is 5.92 Å². The van der Waals surface area contributed by atoms with Crippen molar-refractivity contribution < 1.29 is 13.2 Å². The lowest BCUT2D eigenvalue weighted by molar-refractivity contribution is -0.126. The van der Waals surface area contributed by atoms with E-state index in [-0.39, 0.29) is 23.6 Å². The van der Waals surface area contributed by atoms with Crippen LogP contribution in [0.1, 0.15) is 54.5 Å². The third-order valence-electron chi connectivity index (χ3n) is 6.44. The summed E-state index contributed by atoms with van der Waals surface area (Å²) in [5.74, 6) is -0.134. The van der Waals surface area contributed by atoms with Crippen molar-refractivity contribution in [2.75, 3.05) is 13.1 Å². The number of piperidine rings is 1. The van der Waals surface area contributed by atoms with Crippen LogP contribution in [0, 0.1) is 5.92 Å². The first-order valence-electron chi connectivity index (χ1n) is 11.0. The van der Waals surface area contributed by atoms with Crippen LogP contribution in [0.15, 0.2) is 46.9 Å². The van der Waals surface area contributed by atoms with E-state index in [1.165, 1.54) is 21.9 Å². The average Bonchev–Trinajstić information content (AvgIpc) is 3.21. The van der Waals surface area contributed by atoms with Crippen LogP contribution in [0.3, 0.4) is 0 Å². The highest BCUT2D eigenvalue weighted by Crippen LogP contribution is 2.27. The normalized spacial score (nSPS) is 18.5. The van der Waals surface area contributed by atoms with Gasteiger partial charge in [0.1, 0.15) is 0 Å². The molecule has 2 aromatic rings. The van der Waals surface area contributed by atoms with Gasteiger partial charge in [-0.25, -0.2) is 12.7 Å². The zero-order valence-electron chi connectivity index (χ0n) is 17.8. The van der Waals surface area contributed by atoms with Crippen LogP contribution in [0.25, 0.3) is 0 Å². The van der Waals surface area contributed by atoms with Crippen LogP contribution in [-0.2, 0) is 33.4 Å². The maximum atomic E-state index is 12.8. The molecule has 1 heterocycles. The van der Waals surface area contributed by atoms with Crippen molar-refractivity contribution in [1.82, 2.24) is 9.62 Å². The highest BCUT2D eigenvalue weighted by Gasteiger charge is 2.31. The van der Waals surface area contributed by atoms with Crippen LogP contribution >= 0.6 is 15.9 Å². The van der Waals surface area contributed by atoms with Crippen molar-refractivity contribution in [1.29, 1.82) is 0 Å². The Balaban J connectivity index is 1.31. The number of nitrogens with one attached hydrogen (secondary N) is 1. The fraction of sp³-hybridized carbons (Fsp3) is 0.458. The van der Waals surface area contributed by atoms with E-state index >= 15 is 0 Å². The topological polar surface area (TPSA) is 66.5 Å². The number of carbonyl (C=O) groups is 1. The monoisotopic (exact) mass is 504 g/mol. The van der Waals surface area contributed by atoms with Gasteiger partial charge in [-0.15, -0.1) is 0 Å². The fourth-order valence-corrected chi connectivity index (χ4v) is 6.60. The maximum Gasteiger partial charge on any atom is 0.223 e. The minimum atomic E-state index is -3.39. The predicted molar refractivity (Wildman–Crippen MR) is 126 cm³/mol. The van der Waals surface area contributed by atoms with Crippen molar-refractivity contribution in [2.45, 2.75) is 50.8 Å². The number of hydrogen-bond donors (Lipinski definition) is 1. The number of aryl methyl sites for hydroxylation is 2. The summed E-state index contributed by atoms with van der Waals surface area (Å²) in [6.45, 7) is 2.80. The smallest absolute Gasteiger partial charge is 0.223 e. The van der Waals surface area contributed by atoms with Crippen LogP contribution in [0.2, 0.25) is 0 Å². The Morgan fingerprint density at radius 1 is 1.13 bits per heavy atom. The minimum Gasteiger partial charge on any atom is -0.349 e. The van der Waals surface area contributed by atoms with Gasteiger partial charge in [0, 0.05) is 23.5 Å². The number of benzene rings is 2. The third-order valence-corrected chi connectivity index (χ3v) is 8.78. The molecule has 0 aromatic heterocycles. The van der Waals surface area contributed by atoms with E-state index in [0.29, 0.717) is 25.9 Å². The zero-order chi connectivity index (χ0) is 22.0. The maximum absolute atomic E-state index is 12.8. The summed E-state index contributed by atoms with van der Waals surface area (Å²) < 4.78 is 28.0. The van der Waals surface area contributed by atoms with Gasteiger partial charge in [-0.05, 0) is 73.4 Å². The van der Waals surface area contributed by atoms with Crippen LogP contribution < -0.4 is 5.32 Å². The van der Waals surface area contributed by atoms with Gasteiger partial charge in [-0.2, -0.15) is 0 Å². The van der Waals surface area contributed by atoms with Crippen molar-refractivity contribution >= 4 is 31.9 Å². The Bertz CT molecular complexity index is 1060. The van der Waals surface area contributed by atoms with E-state index in [1.54, 1.807) is 0 Å². The van der Waals surface area contributed by atoms with Gasteiger partial charge < -0.3 is 5.32 Å². The van der Waals surface area contributed by atoms with Gasteiger partial charge in [0.25, 0.3) is 0 Å². The number of rotatable bonds is 6. The summed E-state index contributed by atoms with van der Waals surface area (Å²) >= 11 is 3.39. The SMILES string of the molecule is C[C@@H](NC(=O)C1CCN(S(=O)(=O)Cc2cccc(Br)c2)CC1)c1ccc2c(c1)CCC2. The van der Waals surface area contributed by atoms with Gasteiger partial charge in [-0.3, -0.25) is 4.79 Å². The van der Waals surface area contributed by atoms with Gasteiger partial charge in [-0.1, -0.05) is 46.3 Å². The van der Waals surface area contributed by atoms with Crippen LogP contribution in [0.5, 0.6) is 0 Å². The molecule has 2 aromatic carbocycles. The summed E-state index contributed by atoms with van der Waals surface area (Å²) in [5.41, 5.74) is 4.74. The second kappa shape index (κ2) is 9.43. The molecule has 1 fully saturated rings. The number of sulfonamides is 1. The van der Waals surface area contributed by atoms with Gasteiger partial charge in [0.05, 0.1) is 11.8 Å². The number of fused-ring (bicyclic) bond motifs is 1. The van der Waals surface area contributed by atoms with Crippen molar-refractivity contribution in [3.8, 4) is 0 Å². The van der Waals surface area contributed by atoms with Gasteiger partial charge in [0.2, 0.25) is 15.9 Å². The highest BCUT2D eigenvalue weighted by atomic mass is 79.9. The molecule has 2 aliphatic rings. The number of amides is 1. The van der Waals surface area contributed by atoms with Gasteiger partial charge in [0.15, 0.2) is 0 Å². The molecule has 166 valence electrons. The molecule has 1 N–H and O–H groups in total. The molecule has 1 aliphatic carbocycles. The summed E-state index contributed by atoms with van der Waals surface area (Å²) in [5, 5.41) is 3.14. The highest BCUT2D eigenvalue weighted by molar-refractivity contribution is 9.10. The Kier molecular flexibility index (Phi) is 6.84. The standard InChI is InChI=1S/C24H29BrN2O3S/c1-17(21-9-8-19-5-3-6-22(19)15-21)26-24(28)20-10-12-27(13-11-20)31(29,30)16-18-4-2-7-23(25)14-18/h2,4,7-9,14-15,17,20H,3,5-6,10-13,16H2,1H3,(H,26,28)/t17-/m1/s1. The number of halogens is 1. The molecule has 5 nitrogen and oxygen atoms in total. The molecule has 0 spiro atoms. The molecule has 1 atom stereocenters. The predicted octanol–water partition coefficient (Wildman–Crippen LogP) is 4.36. The fourth-order valence-electron chi connectivity index (χ4n) is 4.60. The second-order valence-corrected chi connectivity index (χ2v) is 11.6. The molecule has 0 saturated carbocycles. The van der Waals surface area contributed by atoms with Crippen molar-refractivity contribution in [3.05, 3.63) is 69.2 Å². The molecule has 31 heavy (non-hydrogen) atoms. The first-order valence-corrected chi connectivity index (χ1v) is 13.4. The molecular weight excluding hydrogens is 476 g/mol. The largest absolute Gasteiger partial charge is 0.349 e. The molecule has 7 heteroatoms. The Labute approximate surface area is 193 Å². The second-order valence-electron chi connectivity index (χ2n) is 8.67. The number of carbonyl (C=O) groups excluding carboxylic acids is 1. The number of nitrogens with zero attached hydrogens (tertiary/aromatic N) is 1. The van der Waals surface area contributed by atoms with Crippen LogP contribution in [0.4, 0.5) is 0 Å². The molecule has 1 amide bonds. The van der Waals surface area contributed by atoms with E-state index < -0.39 is 10.0 Å². The third kappa shape index (κ3) is 5.38. The lowest BCUT2D eigenvalue weighted by Crippen LogP contribution is -2.43. The number of hydrogen-bond acceptors (Lipinski definition) is 3. The summed E-state index contributed by atoms with van der Waals surface area (Å²) in [4.78, 5) is 12.8. The summed E-state index contributed by atoms with van der Waals surface area (Å²) in [6.07, 6.45) is 4.60. The minimum absolute atomic E-state index is 0.0152. The molecule has 1 saturated heterocycles.